The minimum Gasteiger partial charge on any atom is -0.345 e. The Balaban J connectivity index is 1.81. The quantitative estimate of drug-likeness (QED) is 0.767. The normalized spacial score (nSPS) is 28.5. The topological polar surface area (TPSA) is 30.5 Å². The molecule has 0 saturated carbocycles. The van der Waals surface area contributed by atoms with Crippen LogP contribution in [0.25, 0.3) is 0 Å². The molecule has 1 spiro atoms. The summed E-state index contributed by atoms with van der Waals surface area (Å²) in [5, 5.41) is 3.35. The van der Waals surface area contributed by atoms with E-state index in [4.69, 9.17) is 9.47 Å². The number of nitrogens with one attached hydrogen (secondary N) is 1. The van der Waals surface area contributed by atoms with E-state index in [1.807, 2.05) is 0 Å². The first-order valence-electron chi connectivity index (χ1n) is 6.53. The molecule has 3 nitrogen and oxygen atoms in total. The molecule has 1 aromatic carbocycles. The van der Waals surface area contributed by atoms with E-state index < -0.39 is 5.79 Å². The van der Waals surface area contributed by atoms with Gasteiger partial charge in [-0.25, -0.2) is 4.39 Å². The van der Waals surface area contributed by atoms with Crippen LogP contribution in [0.3, 0.4) is 0 Å². The van der Waals surface area contributed by atoms with E-state index >= 15 is 0 Å². The molecule has 2 aliphatic heterocycles. The van der Waals surface area contributed by atoms with Gasteiger partial charge in [0.15, 0.2) is 5.79 Å². The van der Waals surface area contributed by atoms with E-state index in [1.54, 1.807) is 12.1 Å². The van der Waals surface area contributed by atoms with Crippen molar-refractivity contribution < 1.29 is 13.9 Å². The van der Waals surface area contributed by atoms with Crippen molar-refractivity contribution in [3.63, 3.8) is 0 Å². The van der Waals surface area contributed by atoms with Gasteiger partial charge >= 0.3 is 0 Å². The van der Waals surface area contributed by atoms with E-state index in [0.29, 0.717) is 13.2 Å². The Bertz CT molecular complexity index is 428. The molecule has 3 rings (SSSR count). The van der Waals surface area contributed by atoms with Crippen LogP contribution < -0.4 is 5.32 Å². The molecule has 1 unspecified atom stereocenters. The van der Waals surface area contributed by atoms with Crippen molar-refractivity contribution in [3.05, 3.63) is 35.1 Å². The lowest BCUT2D eigenvalue weighted by atomic mass is 10.1. The highest BCUT2D eigenvalue weighted by Crippen LogP contribution is 2.32. The summed E-state index contributed by atoms with van der Waals surface area (Å²) in [6, 6.07) is 4.82. The van der Waals surface area contributed by atoms with Crippen LogP contribution in [0.2, 0.25) is 0 Å². The summed E-state index contributed by atoms with van der Waals surface area (Å²) >= 11 is 0. The lowest BCUT2D eigenvalue weighted by Crippen LogP contribution is -2.35. The van der Waals surface area contributed by atoms with Crippen LogP contribution in [0, 0.1) is 5.82 Å². The molecule has 0 aromatic heterocycles. The van der Waals surface area contributed by atoms with Crippen molar-refractivity contribution in [2.24, 2.45) is 0 Å². The number of fused-ring (bicyclic) bond motifs is 1. The van der Waals surface area contributed by atoms with Gasteiger partial charge in [0.05, 0.1) is 13.2 Å². The van der Waals surface area contributed by atoms with Crippen molar-refractivity contribution in [2.45, 2.75) is 38.3 Å². The number of halogens is 1. The van der Waals surface area contributed by atoms with Crippen molar-refractivity contribution in [2.75, 3.05) is 13.1 Å². The predicted octanol–water partition coefficient (Wildman–Crippen LogP) is 2.34. The van der Waals surface area contributed by atoms with Crippen LogP contribution >= 0.6 is 0 Å². The minimum absolute atomic E-state index is 0.212. The monoisotopic (exact) mass is 251 g/mol. The molecule has 1 atom stereocenters. The molecule has 98 valence electrons. The molecule has 1 saturated heterocycles. The second-order valence-electron chi connectivity index (χ2n) is 5.00. The Hall–Kier alpha value is -0.970. The zero-order chi connectivity index (χ0) is 12.4. The average Bonchev–Trinajstić information content (AvgIpc) is 2.70. The van der Waals surface area contributed by atoms with Gasteiger partial charge < -0.3 is 14.8 Å². The Labute approximate surface area is 106 Å². The first kappa shape index (κ1) is 12.1. The fraction of sp³-hybridized carbons (Fsp3) is 0.571. The van der Waals surface area contributed by atoms with Gasteiger partial charge in [0.2, 0.25) is 0 Å². The van der Waals surface area contributed by atoms with Crippen molar-refractivity contribution in [1.82, 2.24) is 5.32 Å². The van der Waals surface area contributed by atoms with Crippen LogP contribution in [-0.2, 0) is 22.7 Å². The van der Waals surface area contributed by atoms with Crippen molar-refractivity contribution >= 4 is 0 Å². The van der Waals surface area contributed by atoms with Gasteiger partial charge in [-0.3, -0.25) is 0 Å². The Morgan fingerprint density at radius 3 is 2.78 bits per heavy atom. The largest absolute Gasteiger partial charge is 0.345 e. The number of hydrogen-bond donors (Lipinski definition) is 1. The zero-order valence-corrected chi connectivity index (χ0v) is 10.4. The maximum atomic E-state index is 13.2. The highest BCUT2D eigenvalue weighted by atomic mass is 19.1. The molecule has 1 aromatic rings. The van der Waals surface area contributed by atoms with Crippen molar-refractivity contribution in [3.8, 4) is 0 Å². The Kier molecular flexibility index (Phi) is 3.33. The smallest absolute Gasteiger partial charge is 0.170 e. The standard InChI is InChI=1S/C14H18FNO2/c15-13-3-2-11-9-17-14(18-10-12(11)8-13)4-1-6-16-7-5-14/h2-3,8,16H,1,4-7,9-10H2. The lowest BCUT2D eigenvalue weighted by molar-refractivity contribution is -0.248. The molecular weight excluding hydrogens is 233 g/mol. The van der Waals surface area contributed by atoms with Gasteiger partial charge in [-0.15, -0.1) is 0 Å². The van der Waals surface area contributed by atoms with Gasteiger partial charge in [-0.05, 0) is 36.2 Å². The summed E-state index contributed by atoms with van der Waals surface area (Å²) < 4.78 is 25.2. The predicted molar refractivity (Wildman–Crippen MR) is 65.4 cm³/mol. The van der Waals surface area contributed by atoms with E-state index in [-0.39, 0.29) is 5.82 Å². The fourth-order valence-electron chi connectivity index (χ4n) is 2.63. The molecule has 4 heteroatoms. The number of rotatable bonds is 0. The summed E-state index contributed by atoms with van der Waals surface area (Å²) in [7, 11) is 0. The molecule has 1 N–H and O–H groups in total. The van der Waals surface area contributed by atoms with Crippen LogP contribution in [0.1, 0.15) is 30.4 Å². The average molecular weight is 251 g/mol. The Morgan fingerprint density at radius 2 is 1.89 bits per heavy atom. The SMILES string of the molecule is Fc1ccc2c(c1)COC1(CCCNCC1)OC2. The molecule has 0 radical (unpaired) electrons. The van der Waals surface area contributed by atoms with E-state index in [1.165, 1.54) is 6.07 Å². The fourth-order valence-corrected chi connectivity index (χ4v) is 2.63. The number of ether oxygens (including phenoxy) is 2. The molecule has 0 amide bonds. The second kappa shape index (κ2) is 4.96. The lowest BCUT2D eigenvalue weighted by Gasteiger charge is -2.30. The summed E-state index contributed by atoms with van der Waals surface area (Å²) in [5.74, 6) is -0.699. The van der Waals surface area contributed by atoms with Crippen LogP contribution in [0.5, 0.6) is 0 Å². The van der Waals surface area contributed by atoms with Gasteiger partial charge in [0, 0.05) is 19.4 Å². The summed E-state index contributed by atoms with van der Waals surface area (Å²) in [6.07, 6.45) is 2.80. The second-order valence-corrected chi connectivity index (χ2v) is 5.00. The first-order valence-corrected chi connectivity index (χ1v) is 6.53. The van der Waals surface area contributed by atoms with Crippen molar-refractivity contribution in [1.29, 1.82) is 0 Å². The zero-order valence-electron chi connectivity index (χ0n) is 10.4. The van der Waals surface area contributed by atoms with Crippen LogP contribution in [0.4, 0.5) is 4.39 Å². The summed E-state index contributed by atoms with van der Waals surface area (Å²) in [5.41, 5.74) is 1.94. The highest BCUT2D eigenvalue weighted by molar-refractivity contribution is 5.27. The van der Waals surface area contributed by atoms with Gasteiger partial charge in [0.25, 0.3) is 0 Å². The summed E-state index contributed by atoms with van der Waals surface area (Å²) in [6.45, 7) is 2.86. The van der Waals surface area contributed by atoms with Crippen LogP contribution in [-0.4, -0.2) is 18.9 Å². The third-order valence-corrected chi connectivity index (χ3v) is 3.74. The van der Waals surface area contributed by atoms with Crippen LogP contribution in [0.15, 0.2) is 18.2 Å². The third kappa shape index (κ3) is 2.41. The van der Waals surface area contributed by atoms with Gasteiger partial charge in [-0.2, -0.15) is 0 Å². The molecule has 2 aliphatic rings. The maximum absolute atomic E-state index is 13.2. The van der Waals surface area contributed by atoms with Gasteiger partial charge in [-0.1, -0.05) is 6.07 Å². The number of hydrogen-bond acceptors (Lipinski definition) is 3. The number of benzene rings is 1. The first-order chi connectivity index (χ1) is 8.77. The third-order valence-electron chi connectivity index (χ3n) is 3.74. The molecule has 0 bridgehead atoms. The minimum atomic E-state index is -0.487. The molecule has 18 heavy (non-hydrogen) atoms. The van der Waals surface area contributed by atoms with Gasteiger partial charge in [0.1, 0.15) is 5.82 Å². The molecule has 0 aliphatic carbocycles. The van der Waals surface area contributed by atoms with E-state index in [2.05, 4.69) is 5.32 Å². The van der Waals surface area contributed by atoms with E-state index in [0.717, 1.165) is 43.5 Å². The van der Waals surface area contributed by atoms with E-state index in [9.17, 15) is 4.39 Å². The molecular formula is C14H18FNO2. The molecule has 1 fully saturated rings. The maximum Gasteiger partial charge on any atom is 0.170 e. The molecule has 2 heterocycles. The Morgan fingerprint density at radius 1 is 1.06 bits per heavy atom. The summed E-state index contributed by atoms with van der Waals surface area (Å²) in [4.78, 5) is 0. The highest BCUT2D eigenvalue weighted by Gasteiger charge is 2.35.